The molecule has 0 aromatic rings. The minimum absolute atomic E-state index is 0.00324. The maximum atomic E-state index is 11.4. The van der Waals surface area contributed by atoms with Gasteiger partial charge in [-0.25, -0.2) is 13.1 Å². The summed E-state index contributed by atoms with van der Waals surface area (Å²) in [5.41, 5.74) is 5.18. The third-order valence-corrected chi connectivity index (χ3v) is 3.99. The van der Waals surface area contributed by atoms with E-state index < -0.39 is 10.0 Å². The number of hydrogen-bond donors (Lipinski definition) is 2. The van der Waals surface area contributed by atoms with Crippen molar-refractivity contribution < 1.29 is 8.42 Å². The van der Waals surface area contributed by atoms with Gasteiger partial charge in [-0.3, -0.25) is 0 Å². The quantitative estimate of drug-likeness (QED) is 0.642. The van der Waals surface area contributed by atoms with Gasteiger partial charge in [-0.1, -0.05) is 19.1 Å². The first-order valence-electron chi connectivity index (χ1n) is 4.18. The highest BCUT2D eigenvalue weighted by molar-refractivity contribution is 7.98. The van der Waals surface area contributed by atoms with Crippen molar-refractivity contribution >= 4 is 39.0 Å². The molecule has 0 aliphatic rings. The molecular formula is C7H16N2O2S3. The lowest BCUT2D eigenvalue weighted by molar-refractivity contribution is 0.562. The fourth-order valence-corrected chi connectivity index (χ4v) is 3.43. The topological polar surface area (TPSA) is 72.2 Å². The van der Waals surface area contributed by atoms with Crippen LogP contribution in [0.3, 0.4) is 0 Å². The zero-order valence-electron chi connectivity index (χ0n) is 8.32. The maximum Gasteiger partial charge on any atom is 0.218 e. The van der Waals surface area contributed by atoms with E-state index in [0.29, 0.717) is 0 Å². The second kappa shape index (κ2) is 6.60. The Morgan fingerprint density at radius 3 is 2.57 bits per heavy atom. The fraction of sp³-hybridized carbons (Fsp3) is 0.857. The number of sulfonamides is 1. The molecule has 0 aromatic heterocycles. The van der Waals surface area contributed by atoms with E-state index in [4.69, 9.17) is 5.73 Å². The summed E-state index contributed by atoms with van der Waals surface area (Å²) in [6.07, 6.45) is 2.70. The molecule has 4 nitrogen and oxygen atoms in total. The Balaban J connectivity index is 4.25. The summed E-state index contributed by atoms with van der Waals surface area (Å²) in [5.74, 6) is 0.486. The first-order valence-corrected chi connectivity index (χ1v) is 7.64. The highest BCUT2D eigenvalue weighted by Gasteiger charge is 2.16. The lowest BCUT2D eigenvalue weighted by atomic mass is 10.3. The zero-order valence-corrected chi connectivity index (χ0v) is 10.8. The van der Waals surface area contributed by atoms with Gasteiger partial charge in [0.05, 0.1) is 4.99 Å². The van der Waals surface area contributed by atoms with Crippen LogP contribution in [0.1, 0.15) is 13.3 Å². The van der Waals surface area contributed by atoms with Gasteiger partial charge in [-0.2, -0.15) is 11.8 Å². The molecule has 0 saturated carbocycles. The lowest BCUT2D eigenvalue weighted by Gasteiger charge is -2.15. The third-order valence-electron chi connectivity index (χ3n) is 1.54. The predicted molar refractivity (Wildman–Crippen MR) is 66.2 cm³/mol. The second-order valence-electron chi connectivity index (χ2n) is 2.90. The average Bonchev–Trinajstić information content (AvgIpc) is 2.00. The highest BCUT2D eigenvalue weighted by atomic mass is 32.2. The second-order valence-corrected chi connectivity index (χ2v) is 6.09. The van der Waals surface area contributed by atoms with Gasteiger partial charge < -0.3 is 5.73 Å². The van der Waals surface area contributed by atoms with Crippen molar-refractivity contribution in [3.05, 3.63) is 0 Å². The van der Waals surface area contributed by atoms with Crippen LogP contribution in [0.4, 0.5) is 0 Å². The minimum atomic E-state index is -3.34. The maximum absolute atomic E-state index is 11.4. The molecule has 1 atom stereocenters. The van der Waals surface area contributed by atoms with Crippen molar-refractivity contribution in [3.8, 4) is 0 Å². The molecule has 0 aliphatic heterocycles. The van der Waals surface area contributed by atoms with Crippen LogP contribution in [0.5, 0.6) is 0 Å². The van der Waals surface area contributed by atoms with Gasteiger partial charge >= 0.3 is 0 Å². The van der Waals surface area contributed by atoms with Crippen molar-refractivity contribution in [2.24, 2.45) is 5.73 Å². The van der Waals surface area contributed by atoms with Crippen molar-refractivity contribution in [2.75, 3.05) is 17.8 Å². The Morgan fingerprint density at radius 1 is 1.64 bits per heavy atom. The highest BCUT2D eigenvalue weighted by Crippen LogP contribution is 2.02. The molecule has 84 valence electrons. The number of nitrogens with two attached hydrogens (primary N) is 1. The van der Waals surface area contributed by atoms with Crippen LogP contribution < -0.4 is 10.5 Å². The average molecular weight is 256 g/mol. The molecular weight excluding hydrogens is 240 g/mol. The van der Waals surface area contributed by atoms with Crippen LogP contribution in [-0.2, 0) is 10.0 Å². The summed E-state index contributed by atoms with van der Waals surface area (Å²) in [7, 11) is -3.34. The Morgan fingerprint density at radius 2 is 2.21 bits per heavy atom. The van der Waals surface area contributed by atoms with Crippen LogP contribution in [-0.4, -0.2) is 37.2 Å². The summed E-state index contributed by atoms with van der Waals surface area (Å²) in [5, 5.41) is 0. The number of hydrogen-bond acceptors (Lipinski definition) is 4. The largest absolute Gasteiger partial charge is 0.392 e. The van der Waals surface area contributed by atoms with Crippen molar-refractivity contribution in [1.82, 2.24) is 4.72 Å². The molecule has 0 saturated heterocycles. The summed E-state index contributed by atoms with van der Waals surface area (Å²) in [4.78, 5) is -0.00324. The van der Waals surface area contributed by atoms with E-state index in [1.165, 1.54) is 0 Å². The standard InChI is InChI=1S/C7H16N2O2S3/c1-3-6(4-13-2)9-14(10,11)5-7(8)12/h6,9H,3-5H2,1-2H3,(H2,8,12). The number of nitrogens with one attached hydrogen (secondary N) is 1. The summed E-state index contributed by atoms with van der Waals surface area (Å²) >= 11 is 6.15. The van der Waals surface area contributed by atoms with Crippen LogP contribution in [0.15, 0.2) is 0 Å². The minimum Gasteiger partial charge on any atom is -0.392 e. The van der Waals surface area contributed by atoms with E-state index in [2.05, 4.69) is 16.9 Å². The van der Waals surface area contributed by atoms with Gasteiger partial charge in [-0.15, -0.1) is 0 Å². The molecule has 0 radical (unpaired) electrons. The van der Waals surface area contributed by atoms with Crippen LogP contribution in [0, 0.1) is 0 Å². The first-order chi connectivity index (χ1) is 6.41. The Hall–Kier alpha value is 0.150. The van der Waals surface area contributed by atoms with Crippen molar-refractivity contribution in [3.63, 3.8) is 0 Å². The summed E-state index contributed by atoms with van der Waals surface area (Å²) in [6.45, 7) is 1.93. The molecule has 14 heavy (non-hydrogen) atoms. The van der Waals surface area contributed by atoms with Gasteiger partial charge in [0, 0.05) is 11.8 Å². The number of rotatable bonds is 7. The van der Waals surface area contributed by atoms with E-state index >= 15 is 0 Å². The van der Waals surface area contributed by atoms with Gasteiger partial charge in [0.1, 0.15) is 5.75 Å². The van der Waals surface area contributed by atoms with E-state index in [0.717, 1.165) is 12.2 Å². The molecule has 3 N–H and O–H groups in total. The molecule has 0 bridgehead atoms. The Bertz CT molecular complexity index is 277. The van der Waals surface area contributed by atoms with Crippen LogP contribution in [0.2, 0.25) is 0 Å². The monoisotopic (exact) mass is 256 g/mol. The number of thiocarbonyl (C=S) groups is 1. The Kier molecular flexibility index (Phi) is 6.67. The first kappa shape index (κ1) is 14.2. The molecule has 0 spiro atoms. The van der Waals surface area contributed by atoms with E-state index in [-0.39, 0.29) is 16.8 Å². The summed E-state index contributed by atoms with van der Waals surface area (Å²) in [6, 6.07) is -0.0376. The third kappa shape index (κ3) is 6.58. The SMILES string of the molecule is CCC(CSC)NS(=O)(=O)CC(N)=S. The smallest absolute Gasteiger partial charge is 0.218 e. The molecule has 0 aromatic carbocycles. The van der Waals surface area contributed by atoms with Gasteiger partial charge in [0.15, 0.2) is 0 Å². The predicted octanol–water partition coefficient (Wildman–Crippen LogP) is 0.334. The van der Waals surface area contributed by atoms with Gasteiger partial charge in [0.25, 0.3) is 0 Å². The van der Waals surface area contributed by atoms with E-state index in [1.54, 1.807) is 11.8 Å². The molecule has 1 unspecified atom stereocenters. The van der Waals surface area contributed by atoms with Crippen LogP contribution >= 0.6 is 24.0 Å². The lowest BCUT2D eigenvalue weighted by Crippen LogP contribution is -2.40. The van der Waals surface area contributed by atoms with E-state index in [9.17, 15) is 8.42 Å². The van der Waals surface area contributed by atoms with E-state index in [1.807, 2.05) is 13.2 Å². The molecule has 0 amide bonds. The normalized spacial score (nSPS) is 13.9. The van der Waals surface area contributed by atoms with Gasteiger partial charge in [0.2, 0.25) is 10.0 Å². The molecule has 0 aliphatic carbocycles. The molecule has 0 rings (SSSR count). The molecule has 0 fully saturated rings. The Labute approximate surface area is 95.1 Å². The number of thioether (sulfide) groups is 1. The molecule has 7 heteroatoms. The van der Waals surface area contributed by atoms with Crippen molar-refractivity contribution in [1.29, 1.82) is 0 Å². The van der Waals surface area contributed by atoms with Crippen LogP contribution in [0.25, 0.3) is 0 Å². The van der Waals surface area contributed by atoms with Gasteiger partial charge in [-0.05, 0) is 12.7 Å². The zero-order chi connectivity index (χ0) is 11.2. The van der Waals surface area contributed by atoms with Crippen molar-refractivity contribution in [2.45, 2.75) is 19.4 Å². The fourth-order valence-electron chi connectivity index (χ4n) is 0.919. The molecule has 0 heterocycles. The summed E-state index contributed by atoms with van der Waals surface area (Å²) < 4.78 is 25.4.